The standard InChI is InChI=1S/C13H18N2O/c1-10(9-16-3)8-15-13-11(2)5-4-6-12(13)7-14/h4-6,10,15H,8-9H2,1-3H3. The average Bonchev–Trinajstić information content (AvgIpc) is 2.27. The predicted octanol–water partition coefficient (Wildman–Crippen LogP) is 2.56. The fourth-order valence-corrected chi connectivity index (χ4v) is 1.62. The zero-order chi connectivity index (χ0) is 12.0. The number of methoxy groups -OCH3 is 1. The molecule has 3 nitrogen and oxygen atoms in total. The van der Waals surface area contributed by atoms with Crippen molar-refractivity contribution in [3.63, 3.8) is 0 Å². The summed E-state index contributed by atoms with van der Waals surface area (Å²) in [7, 11) is 1.70. The SMILES string of the molecule is COCC(C)CNc1c(C)cccc1C#N. The van der Waals surface area contributed by atoms with Gasteiger partial charge in [0, 0.05) is 13.7 Å². The Morgan fingerprint density at radius 1 is 1.50 bits per heavy atom. The molecule has 16 heavy (non-hydrogen) atoms. The molecule has 0 bridgehead atoms. The smallest absolute Gasteiger partial charge is 0.101 e. The maximum Gasteiger partial charge on any atom is 0.101 e. The molecule has 1 aromatic rings. The van der Waals surface area contributed by atoms with Crippen molar-refractivity contribution in [2.24, 2.45) is 5.92 Å². The second-order valence-corrected chi connectivity index (χ2v) is 4.05. The highest BCUT2D eigenvalue weighted by atomic mass is 16.5. The lowest BCUT2D eigenvalue weighted by atomic mass is 10.1. The number of nitrogens with one attached hydrogen (secondary N) is 1. The Morgan fingerprint density at radius 2 is 2.25 bits per heavy atom. The monoisotopic (exact) mass is 218 g/mol. The molecule has 0 radical (unpaired) electrons. The highest BCUT2D eigenvalue weighted by molar-refractivity contribution is 5.62. The molecular formula is C13H18N2O. The van der Waals surface area contributed by atoms with Gasteiger partial charge in [-0.2, -0.15) is 5.26 Å². The van der Waals surface area contributed by atoms with Crippen LogP contribution in [0.5, 0.6) is 0 Å². The van der Waals surface area contributed by atoms with Crippen LogP contribution in [-0.2, 0) is 4.74 Å². The lowest BCUT2D eigenvalue weighted by molar-refractivity contribution is 0.164. The van der Waals surface area contributed by atoms with Crippen LogP contribution in [0.3, 0.4) is 0 Å². The zero-order valence-electron chi connectivity index (χ0n) is 10.1. The number of hydrogen-bond acceptors (Lipinski definition) is 3. The second kappa shape index (κ2) is 6.14. The van der Waals surface area contributed by atoms with E-state index in [1.165, 1.54) is 0 Å². The average molecular weight is 218 g/mol. The molecule has 0 saturated carbocycles. The predicted molar refractivity (Wildman–Crippen MR) is 65.4 cm³/mol. The van der Waals surface area contributed by atoms with E-state index in [2.05, 4.69) is 18.3 Å². The van der Waals surface area contributed by atoms with Gasteiger partial charge in [0.1, 0.15) is 6.07 Å². The van der Waals surface area contributed by atoms with Gasteiger partial charge in [-0.15, -0.1) is 0 Å². The van der Waals surface area contributed by atoms with Gasteiger partial charge in [0.05, 0.1) is 17.9 Å². The molecule has 0 aromatic heterocycles. The minimum Gasteiger partial charge on any atom is -0.384 e. The number of benzene rings is 1. The van der Waals surface area contributed by atoms with Crippen LogP contribution in [0.1, 0.15) is 18.1 Å². The van der Waals surface area contributed by atoms with Crippen LogP contribution in [0.2, 0.25) is 0 Å². The number of ether oxygens (including phenoxy) is 1. The van der Waals surface area contributed by atoms with Crippen LogP contribution >= 0.6 is 0 Å². The van der Waals surface area contributed by atoms with E-state index in [0.717, 1.165) is 24.4 Å². The Hall–Kier alpha value is -1.53. The minimum absolute atomic E-state index is 0.427. The molecule has 0 amide bonds. The van der Waals surface area contributed by atoms with Crippen molar-refractivity contribution < 1.29 is 4.74 Å². The van der Waals surface area contributed by atoms with E-state index in [0.29, 0.717) is 11.5 Å². The second-order valence-electron chi connectivity index (χ2n) is 4.05. The van der Waals surface area contributed by atoms with E-state index >= 15 is 0 Å². The van der Waals surface area contributed by atoms with Crippen LogP contribution in [0, 0.1) is 24.2 Å². The molecule has 0 aliphatic carbocycles. The van der Waals surface area contributed by atoms with Gasteiger partial charge in [-0.05, 0) is 24.5 Å². The Balaban J connectivity index is 2.70. The van der Waals surface area contributed by atoms with E-state index in [4.69, 9.17) is 10.00 Å². The summed E-state index contributed by atoms with van der Waals surface area (Å²) in [4.78, 5) is 0. The first-order valence-corrected chi connectivity index (χ1v) is 5.41. The minimum atomic E-state index is 0.427. The molecule has 3 heteroatoms. The number of para-hydroxylation sites is 1. The third-order valence-electron chi connectivity index (χ3n) is 2.47. The molecule has 1 unspecified atom stereocenters. The molecule has 86 valence electrons. The Bertz CT molecular complexity index is 382. The number of nitrogens with zero attached hydrogens (tertiary/aromatic N) is 1. The van der Waals surface area contributed by atoms with Crippen molar-refractivity contribution in [2.75, 3.05) is 25.6 Å². The summed E-state index contributed by atoms with van der Waals surface area (Å²) in [5, 5.41) is 12.3. The van der Waals surface area contributed by atoms with Crippen LogP contribution in [0.15, 0.2) is 18.2 Å². The number of hydrogen-bond donors (Lipinski definition) is 1. The molecule has 0 aliphatic rings. The van der Waals surface area contributed by atoms with E-state index in [1.807, 2.05) is 25.1 Å². The molecular weight excluding hydrogens is 200 g/mol. The molecule has 1 rings (SSSR count). The van der Waals surface area contributed by atoms with Gasteiger partial charge in [0.2, 0.25) is 0 Å². The maximum absolute atomic E-state index is 9.00. The normalized spacial score (nSPS) is 11.9. The number of rotatable bonds is 5. The molecule has 0 aliphatic heterocycles. The van der Waals surface area contributed by atoms with Gasteiger partial charge < -0.3 is 10.1 Å². The highest BCUT2D eigenvalue weighted by Gasteiger charge is 2.06. The van der Waals surface area contributed by atoms with Crippen molar-refractivity contribution >= 4 is 5.69 Å². The lowest BCUT2D eigenvalue weighted by Gasteiger charge is -2.15. The summed E-state index contributed by atoms with van der Waals surface area (Å²) in [6.07, 6.45) is 0. The Morgan fingerprint density at radius 3 is 2.88 bits per heavy atom. The number of aryl methyl sites for hydroxylation is 1. The molecule has 0 heterocycles. The topological polar surface area (TPSA) is 45.0 Å². The van der Waals surface area contributed by atoms with Crippen LogP contribution in [0.4, 0.5) is 5.69 Å². The van der Waals surface area contributed by atoms with Gasteiger partial charge in [0.25, 0.3) is 0 Å². The van der Waals surface area contributed by atoms with Crippen LogP contribution < -0.4 is 5.32 Å². The van der Waals surface area contributed by atoms with Crippen LogP contribution in [-0.4, -0.2) is 20.3 Å². The number of anilines is 1. The fourth-order valence-electron chi connectivity index (χ4n) is 1.62. The third kappa shape index (κ3) is 3.25. The molecule has 0 saturated heterocycles. The first kappa shape index (κ1) is 12.5. The van der Waals surface area contributed by atoms with Gasteiger partial charge in [-0.3, -0.25) is 0 Å². The summed E-state index contributed by atoms with van der Waals surface area (Å²) in [6, 6.07) is 7.93. The zero-order valence-corrected chi connectivity index (χ0v) is 10.1. The molecule has 1 aromatic carbocycles. The van der Waals surface area contributed by atoms with E-state index < -0.39 is 0 Å². The lowest BCUT2D eigenvalue weighted by Crippen LogP contribution is -2.16. The first-order valence-electron chi connectivity index (χ1n) is 5.41. The van der Waals surface area contributed by atoms with E-state index in [1.54, 1.807) is 7.11 Å². The summed E-state index contributed by atoms with van der Waals surface area (Å²) in [5.41, 5.74) is 2.74. The van der Waals surface area contributed by atoms with Crippen molar-refractivity contribution in [1.29, 1.82) is 5.26 Å². The third-order valence-corrected chi connectivity index (χ3v) is 2.47. The molecule has 0 fully saturated rings. The largest absolute Gasteiger partial charge is 0.384 e. The number of nitriles is 1. The van der Waals surface area contributed by atoms with Crippen molar-refractivity contribution in [1.82, 2.24) is 0 Å². The van der Waals surface area contributed by atoms with Crippen LogP contribution in [0.25, 0.3) is 0 Å². The molecule has 1 N–H and O–H groups in total. The van der Waals surface area contributed by atoms with Crippen molar-refractivity contribution in [3.05, 3.63) is 29.3 Å². The van der Waals surface area contributed by atoms with Gasteiger partial charge >= 0.3 is 0 Å². The highest BCUT2D eigenvalue weighted by Crippen LogP contribution is 2.19. The van der Waals surface area contributed by atoms with Gasteiger partial charge in [-0.1, -0.05) is 19.1 Å². The molecule has 1 atom stereocenters. The maximum atomic E-state index is 9.00. The summed E-state index contributed by atoms with van der Waals surface area (Å²) < 4.78 is 5.07. The summed E-state index contributed by atoms with van der Waals surface area (Å²) in [5.74, 6) is 0.427. The Kier molecular flexibility index (Phi) is 4.81. The van der Waals surface area contributed by atoms with E-state index in [-0.39, 0.29) is 0 Å². The Labute approximate surface area is 97.0 Å². The molecule has 0 spiro atoms. The fraction of sp³-hybridized carbons (Fsp3) is 0.462. The first-order chi connectivity index (χ1) is 7.69. The summed E-state index contributed by atoms with van der Waals surface area (Å²) >= 11 is 0. The van der Waals surface area contributed by atoms with Crippen molar-refractivity contribution in [3.8, 4) is 6.07 Å². The quantitative estimate of drug-likeness (QED) is 0.826. The van der Waals surface area contributed by atoms with Gasteiger partial charge in [-0.25, -0.2) is 0 Å². The van der Waals surface area contributed by atoms with Gasteiger partial charge in [0.15, 0.2) is 0 Å². The van der Waals surface area contributed by atoms with Crippen molar-refractivity contribution in [2.45, 2.75) is 13.8 Å². The summed E-state index contributed by atoms with van der Waals surface area (Å²) in [6.45, 7) is 5.65. The van der Waals surface area contributed by atoms with E-state index in [9.17, 15) is 0 Å².